The Bertz CT molecular complexity index is 874. The lowest BCUT2D eigenvalue weighted by atomic mass is 10.2. The van der Waals surface area contributed by atoms with Gasteiger partial charge in [-0.1, -0.05) is 18.2 Å². The Morgan fingerprint density at radius 1 is 1.04 bits per heavy atom. The number of hydrogen-bond donors (Lipinski definition) is 2. The first-order valence-corrected chi connectivity index (χ1v) is 10.1. The summed E-state index contributed by atoms with van der Waals surface area (Å²) in [7, 11) is 1.50. The average Bonchev–Trinajstić information content (AvgIpc) is 2.71. The van der Waals surface area contributed by atoms with Gasteiger partial charge < -0.3 is 20.1 Å². The SMILES string of the molecule is CN=C(NCCS(=O)(=O)c1ccccc1)NCc1ccc(OC)cc1OC.I. The van der Waals surface area contributed by atoms with Gasteiger partial charge in [-0.3, -0.25) is 4.99 Å². The number of nitrogens with zero attached hydrogens (tertiary/aromatic N) is 1. The maximum Gasteiger partial charge on any atom is 0.191 e. The minimum Gasteiger partial charge on any atom is -0.497 e. The molecule has 0 heterocycles. The monoisotopic (exact) mass is 519 g/mol. The largest absolute Gasteiger partial charge is 0.497 e. The van der Waals surface area contributed by atoms with E-state index in [-0.39, 0.29) is 36.3 Å². The van der Waals surface area contributed by atoms with Crippen LogP contribution in [0.25, 0.3) is 0 Å². The van der Waals surface area contributed by atoms with Gasteiger partial charge in [0.15, 0.2) is 15.8 Å². The molecule has 2 rings (SSSR count). The number of hydrogen-bond acceptors (Lipinski definition) is 5. The number of benzene rings is 2. The molecule has 0 bridgehead atoms. The zero-order valence-electron chi connectivity index (χ0n) is 16.1. The van der Waals surface area contributed by atoms with Crippen LogP contribution < -0.4 is 20.1 Å². The van der Waals surface area contributed by atoms with Gasteiger partial charge >= 0.3 is 0 Å². The van der Waals surface area contributed by atoms with E-state index >= 15 is 0 Å². The van der Waals surface area contributed by atoms with E-state index in [9.17, 15) is 8.42 Å². The topological polar surface area (TPSA) is 89.0 Å². The Balaban J connectivity index is 0.00000392. The maximum atomic E-state index is 12.3. The summed E-state index contributed by atoms with van der Waals surface area (Å²) in [5.74, 6) is 1.90. The van der Waals surface area contributed by atoms with Gasteiger partial charge in [-0.15, -0.1) is 24.0 Å². The quantitative estimate of drug-likeness (QED) is 0.317. The molecule has 2 aromatic rings. The van der Waals surface area contributed by atoms with Crippen molar-refractivity contribution in [2.75, 3.05) is 33.6 Å². The van der Waals surface area contributed by atoms with E-state index in [1.165, 1.54) is 0 Å². The lowest BCUT2D eigenvalue weighted by molar-refractivity contribution is 0.390. The fourth-order valence-corrected chi connectivity index (χ4v) is 3.63. The molecule has 0 atom stereocenters. The molecule has 0 spiro atoms. The van der Waals surface area contributed by atoms with E-state index < -0.39 is 9.84 Å². The Morgan fingerprint density at radius 3 is 2.36 bits per heavy atom. The third kappa shape index (κ3) is 6.86. The molecule has 154 valence electrons. The minimum absolute atomic E-state index is 0. The fraction of sp³-hybridized carbons (Fsp3) is 0.316. The minimum atomic E-state index is -3.33. The molecule has 0 aliphatic carbocycles. The van der Waals surface area contributed by atoms with Crippen molar-refractivity contribution < 1.29 is 17.9 Å². The summed E-state index contributed by atoms with van der Waals surface area (Å²) in [5.41, 5.74) is 0.929. The third-order valence-electron chi connectivity index (χ3n) is 3.93. The highest BCUT2D eigenvalue weighted by molar-refractivity contribution is 14.0. The second kappa shape index (κ2) is 11.7. The van der Waals surface area contributed by atoms with Crippen LogP contribution in [0.4, 0.5) is 0 Å². The Morgan fingerprint density at radius 2 is 1.75 bits per heavy atom. The van der Waals surface area contributed by atoms with Crippen molar-refractivity contribution in [2.45, 2.75) is 11.4 Å². The summed E-state index contributed by atoms with van der Waals surface area (Å²) in [4.78, 5) is 4.44. The lowest BCUT2D eigenvalue weighted by Gasteiger charge is -2.14. The van der Waals surface area contributed by atoms with Gasteiger partial charge in [-0.05, 0) is 24.3 Å². The van der Waals surface area contributed by atoms with E-state index in [1.54, 1.807) is 57.7 Å². The fourth-order valence-electron chi connectivity index (χ4n) is 2.45. The number of sulfone groups is 1. The van der Waals surface area contributed by atoms with Crippen LogP contribution in [0.15, 0.2) is 58.4 Å². The molecule has 7 nitrogen and oxygen atoms in total. The number of nitrogens with one attached hydrogen (secondary N) is 2. The number of rotatable bonds is 8. The second-order valence-electron chi connectivity index (χ2n) is 5.66. The molecule has 2 aromatic carbocycles. The summed E-state index contributed by atoms with van der Waals surface area (Å²) in [5, 5.41) is 6.17. The van der Waals surface area contributed by atoms with E-state index in [0.29, 0.717) is 28.9 Å². The molecule has 0 unspecified atom stereocenters. The van der Waals surface area contributed by atoms with E-state index in [2.05, 4.69) is 15.6 Å². The Labute approximate surface area is 183 Å². The Hall–Kier alpha value is -2.01. The van der Waals surface area contributed by atoms with Gasteiger partial charge in [-0.25, -0.2) is 8.42 Å². The summed E-state index contributed by atoms with van der Waals surface area (Å²) < 4.78 is 35.1. The van der Waals surface area contributed by atoms with Crippen LogP contribution in [-0.4, -0.2) is 47.9 Å². The van der Waals surface area contributed by atoms with Crippen LogP contribution in [0.1, 0.15) is 5.56 Å². The molecular formula is C19H26IN3O4S. The van der Waals surface area contributed by atoms with Crippen molar-refractivity contribution in [1.82, 2.24) is 10.6 Å². The molecule has 0 radical (unpaired) electrons. The first-order valence-electron chi connectivity index (χ1n) is 8.43. The first kappa shape index (κ1) is 24.0. The van der Waals surface area contributed by atoms with Crippen molar-refractivity contribution in [3.63, 3.8) is 0 Å². The van der Waals surface area contributed by atoms with Gasteiger partial charge in [0, 0.05) is 31.8 Å². The summed E-state index contributed by atoms with van der Waals surface area (Å²) >= 11 is 0. The molecule has 9 heteroatoms. The number of methoxy groups -OCH3 is 2. The van der Waals surface area contributed by atoms with Crippen LogP contribution in [0.2, 0.25) is 0 Å². The normalized spacial score (nSPS) is 11.3. The molecule has 0 aromatic heterocycles. The Kier molecular flexibility index (Phi) is 10.1. The highest BCUT2D eigenvalue weighted by Gasteiger charge is 2.13. The highest BCUT2D eigenvalue weighted by atomic mass is 127. The molecule has 0 aliphatic rings. The standard InChI is InChI=1S/C19H25N3O4S.HI/c1-20-19(21-11-12-27(23,24)17-7-5-4-6-8-17)22-14-15-9-10-16(25-2)13-18(15)26-3;/h4-10,13H,11-12,14H2,1-3H3,(H2,20,21,22);1H. The number of halogens is 1. The second-order valence-corrected chi connectivity index (χ2v) is 7.77. The van der Waals surface area contributed by atoms with Gasteiger partial charge in [0.2, 0.25) is 0 Å². The van der Waals surface area contributed by atoms with Crippen molar-refractivity contribution in [3.05, 3.63) is 54.1 Å². The van der Waals surface area contributed by atoms with Crippen LogP contribution in [0.3, 0.4) is 0 Å². The molecule has 0 aliphatic heterocycles. The molecule has 0 saturated heterocycles. The predicted octanol–water partition coefficient (Wildman–Crippen LogP) is 2.46. The van der Waals surface area contributed by atoms with Crippen molar-refractivity contribution in [3.8, 4) is 11.5 Å². The summed E-state index contributed by atoms with van der Waals surface area (Å²) in [6, 6.07) is 14.0. The molecule has 28 heavy (non-hydrogen) atoms. The van der Waals surface area contributed by atoms with Crippen molar-refractivity contribution >= 4 is 39.8 Å². The first-order chi connectivity index (χ1) is 13.0. The van der Waals surface area contributed by atoms with Crippen LogP contribution in [-0.2, 0) is 16.4 Å². The zero-order valence-corrected chi connectivity index (χ0v) is 19.3. The van der Waals surface area contributed by atoms with Crippen molar-refractivity contribution in [1.29, 1.82) is 0 Å². The maximum absolute atomic E-state index is 12.3. The van der Waals surface area contributed by atoms with Gasteiger partial charge in [0.1, 0.15) is 11.5 Å². The zero-order chi connectivity index (χ0) is 19.7. The number of guanidine groups is 1. The average molecular weight is 519 g/mol. The van der Waals surface area contributed by atoms with Crippen molar-refractivity contribution in [2.24, 2.45) is 4.99 Å². The lowest BCUT2D eigenvalue weighted by Crippen LogP contribution is -2.39. The van der Waals surface area contributed by atoms with Crippen LogP contribution in [0.5, 0.6) is 11.5 Å². The smallest absolute Gasteiger partial charge is 0.191 e. The summed E-state index contributed by atoms with van der Waals surface area (Å²) in [6.45, 7) is 0.717. The van der Waals surface area contributed by atoms with Gasteiger partial charge in [0.05, 0.1) is 24.9 Å². The van der Waals surface area contributed by atoms with Gasteiger partial charge in [0.25, 0.3) is 0 Å². The predicted molar refractivity (Wildman–Crippen MR) is 122 cm³/mol. The molecule has 2 N–H and O–H groups in total. The van der Waals surface area contributed by atoms with E-state index in [1.807, 2.05) is 12.1 Å². The van der Waals surface area contributed by atoms with Gasteiger partial charge in [-0.2, -0.15) is 0 Å². The number of ether oxygens (including phenoxy) is 2. The summed E-state index contributed by atoms with van der Waals surface area (Å²) in [6.07, 6.45) is 0. The van der Waals surface area contributed by atoms with Crippen LogP contribution in [0, 0.1) is 0 Å². The van der Waals surface area contributed by atoms with E-state index in [4.69, 9.17) is 9.47 Å². The number of aliphatic imine (C=N–C) groups is 1. The molecule has 0 fully saturated rings. The molecular weight excluding hydrogens is 493 g/mol. The van der Waals surface area contributed by atoms with Crippen LogP contribution >= 0.6 is 24.0 Å². The molecule has 0 saturated carbocycles. The molecule has 0 amide bonds. The third-order valence-corrected chi connectivity index (χ3v) is 5.66. The van der Waals surface area contributed by atoms with E-state index in [0.717, 1.165) is 5.56 Å². The highest BCUT2D eigenvalue weighted by Crippen LogP contribution is 2.24.